The summed E-state index contributed by atoms with van der Waals surface area (Å²) in [5.74, 6) is 0.153. The molecule has 1 amide bonds. The average Bonchev–Trinajstić information content (AvgIpc) is 2.61. The highest BCUT2D eigenvalue weighted by Crippen LogP contribution is 2.18. The van der Waals surface area contributed by atoms with Crippen LogP contribution in [0.25, 0.3) is 0 Å². The molecule has 0 aliphatic heterocycles. The number of amides is 1. The molecule has 1 heterocycles. The van der Waals surface area contributed by atoms with Crippen LogP contribution in [-0.4, -0.2) is 15.9 Å². The van der Waals surface area contributed by atoms with Crippen molar-refractivity contribution < 1.29 is 4.79 Å². The van der Waals surface area contributed by atoms with Crippen LogP contribution >= 0.6 is 0 Å². The van der Waals surface area contributed by atoms with Crippen molar-refractivity contribution in [2.45, 2.75) is 34.1 Å². The number of carbonyl (C=O) groups excluding carboxylic acids is 1. The van der Waals surface area contributed by atoms with Gasteiger partial charge in [0, 0.05) is 17.1 Å². The minimum Gasteiger partial charge on any atom is -0.324 e. The Balaban J connectivity index is 1.80. The molecule has 0 unspecified atom stereocenters. The third kappa shape index (κ3) is 4.91. The number of nitrogens with zero attached hydrogens (tertiary/aromatic N) is 2. The molecule has 0 fully saturated rings. The SMILES string of the molecule is CCc1ccc(NC(=O)c2cc(C)nc(Nc3cc(C)cc(C)c3)n2)cc1. The summed E-state index contributed by atoms with van der Waals surface area (Å²) in [7, 11) is 0. The summed E-state index contributed by atoms with van der Waals surface area (Å²) in [6.07, 6.45) is 0.965. The number of anilines is 3. The molecule has 1 aromatic heterocycles. The highest BCUT2D eigenvalue weighted by atomic mass is 16.1. The number of benzene rings is 2. The number of rotatable bonds is 5. The van der Waals surface area contributed by atoms with Crippen LogP contribution in [0.2, 0.25) is 0 Å². The summed E-state index contributed by atoms with van der Waals surface area (Å²) < 4.78 is 0. The largest absolute Gasteiger partial charge is 0.324 e. The second-order valence-corrected chi connectivity index (χ2v) is 6.72. The fourth-order valence-electron chi connectivity index (χ4n) is 2.94. The molecule has 0 saturated carbocycles. The van der Waals surface area contributed by atoms with Crippen LogP contribution in [0.3, 0.4) is 0 Å². The van der Waals surface area contributed by atoms with Crippen LogP contribution < -0.4 is 10.6 Å². The van der Waals surface area contributed by atoms with Crippen LogP contribution in [0, 0.1) is 20.8 Å². The first kappa shape index (κ1) is 18.6. The van der Waals surface area contributed by atoms with E-state index in [-0.39, 0.29) is 5.91 Å². The lowest BCUT2D eigenvalue weighted by atomic mass is 10.1. The average molecular weight is 360 g/mol. The zero-order chi connectivity index (χ0) is 19.4. The monoisotopic (exact) mass is 360 g/mol. The van der Waals surface area contributed by atoms with Gasteiger partial charge >= 0.3 is 0 Å². The van der Waals surface area contributed by atoms with Gasteiger partial charge in [-0.05, 0) is 74.2 Å². The number of hydrogen-bond donors (Lipinski definition) is 2. The Morgan fingerprint density at radius 1 is 0.889 bits per heavy atom. The summed E-state index contributed by atoms with van der Waals surface area (Å²) in [6, 6.07) is 15.6. The van der Waals surface area contributed by atoms with Gasteiger partial charge in [-0.15, -0.1) is 0 Å². The van der Waals surface area contributed by atoms with Crippen molar-refractivity contribution >= 4 is 23.2 Å². The molecule has 3 rings (SSSR count). The molecule has 3 aromatic rings. The van der Waals surface area contributed by atoms with Crippen molar-refractivity contribution in [3.63, 3.8) is 0 Å². The Bertz CT molecular complexity index is 944. The van der Waals surface area contributed by atoms with Crippen molar-refractivity contribution in [3.8, 4) is 0 Å². The molecule has 5 heteroatoms. The summed E-state index contributed by atoms with van der Waals surface area (Å²) in [5, 5.41) is 6.09. The Labute approximate surface area is 159 Å². The molecule has 0 saturated heterocycles. The van der Waals surface area contributed by atoms with Gasteiger partial charge in [-0.1, -0.05) is 25.1 Å². The predicted molar refractivity (Wildman–Crippen MR) is 110 cm³/mol. The zero-order valence-electron chi connectivity index (χ0n) is 16.1. The first-order valence-corrected chi connectivity index (χ1v) is 9.04. The van der Waals surface area contributed by atoms with Gasteiger partial charge < -0.3 is 10.6 Å². The van der Waals surface area contributed by atoms with E-state index in [9.17, 15) is 4.79 Å². The van der Waals surface area contributed by atoms with E-state index in [1.165, 1.54) is 5.56 Å². The van der Waals surface area contributed by atoms with E-state index >= 15 is 0 Å². The summed E-state index contributed by atoms with van der Waals surface area (Å²) in [6.45, 7) is 8.03. The fourth-order valence-corrected chi connectivity index (χ4v) is 2.94. The van der Waals surface area contributed by atoms with E-state index in [0.29, 0.717) is 11.6 Å². The molecular weight excluding hydrogens is 336 g/mol. The smallest absolute Gasteiger partial charge is 0.274 e. The molecule has 0 radical (unpaired) electrons. The first-order chi connectivity index (χ1) is 12.9. The molecule has 0 spiro atoms. The van der Waals surface area contributed by atoms with Gasteiger partial charge in [-0.3, -0.25) is 4.79 Å². The fraction of sp³-hybridized carbons (Fsp3) is 0.227. The van der Waals surface area contributed by atoms with Gasteiger partial charge in [0.2, 0.25) is 5.95 Å². The van der Waals surface area contributed by atoms with Gasteiger partial charge in [-0.25, -0.2) is 9.97 Å². The molecule has 27 heavy (non-hydrogen) atoms. The van der Waals surface area contributed by atoms with E-state index in [4.69, 9.17) is 0 Å². The topological polar surface area (TPSA) is 66.9 Å². The number of carbonyl (C=O) groups is 1. The Kier molecular flexibility index (Phi) is 5.50. The number of aryl methyl sites for hydroxylation is 4. The maximum absolute atomic E-state index is 12.6. The lowest BCUT2D eigenvalue weighted by Crippen LogP contribution is -2.15. The van der Waals surface area contributed by atoms with Crippen LogP contribution in [0.5, 0.6) is 0 Å². The normalized spacial score (nSPS) is 10.5. The van der Waals surface area contributed by atoms with Crippen molar-refractivity contribution in [2.24, 2.45) is 0 Å². The quantitative estimate of drug-likeness (QED) is 0.675. The standard InChI is InChI=1S/C22H24N4O/c1-5-17-6-8-18(9-7-17)24-21(27)20-13-16(4)23-22(26-20)25-19-11-14(2)10-15(3)12-19/h6-13H,5H2,1-4H3,(H,24,27)(H,23,25,26). The van der Waals surface area contributed by atoms with Gasteiger partial charge in [-0.2, -0.15) is 0 Å². The molecule has 0 aliphatic carbocycles. The Morgan fingerprint density at radius 3 is 2.19 bits per heavy atom. The minimum absolute atomic E-state index is 0.256. The maximum Gasteiger partial charge on any atom is 0.274 e. The highest BCUT2D eigenvalue weighted by molar-refractivity contribution is 6.03. The van der Waals surface area contributed by atoms with E-state index < -0.39 is 0 Å². The van der Waals surface area contributed by atoms with Crippen molar-refractivity contribution in [1.82, 2.24) is 9.97 Å². The van der Waals surface area contributed by atoms with Gasteiger partial charge in [0.1, 0.15) is 5.69 Å². The second-order valence-electron chi connectivity index (χ2n) is 6.72. The van der Waals surface area contributed by atoms with Gasteiger partial charge in [0.05, 0.1) is 0 Å². The molecule has 0 bridgehead atoms. The third-order valence-corrected chi connectivity index (χ3v) is 4.18. The number of hydrogen-bond acceptors (Lipinski definition) is 4. The first-order valence-electron chi connectivity index (χ1n) is 9.04. The minimum atomic E-state index is -0.256. The van der Waals surface area contributed by atoms with E-state index in [1.807, 2.05) is 57.2 Å². The summed E-state index contributed by atoms with van der Waals surface area (Å²) >= 11 is 0. The van der Waals surface area contributed by atoms with Crippen molar-refractivity contribution in [2.75, 3.05) is 10.6 Å². The number of aromatic nitrogens is 2. The molecule has 138 valence electrons. The Hall–Kier alpha value is -3.21. The second kappa shape index (κ2) is 7.99. The zero-order valence-corrected chi connectivity index (χ0v) is 16.1. The number of nitrogens with one attached hydrogen (secondary N) is 2. The lowest BCUT2D eigenvalue weighted by molar-refractivity contribution is 0.102. The Morgan fingerprint density at radius 2 is 1.56 bits per heavy atom. The summed E-state index contributed by atoms with van der Waals surface area (Å²) in [5.41, 5.74) is 6.23. The third-order valence-electron chi connectivity index (χ3n) is 4.18. The molecule has 0 aliphatic rings. The molecule has 2 N–H and O–H groups in total. The lowest BCUT2D eigenvalue weighted by Gasteiger charge is -2.10. The van der Waals surface area contributed by atoms with Gasteiger partial charge in [0.25, 0.3) is 5.91 Å². The van der Waals surface area contributed by atoms with Crippen LogP contribution in [-0.2, 0) is 6.42 Å². The van der Waals surface area contributed by atoms with Crippen LogP contribution in [0.4, 0.5) is 17.3 Å². The van der Waals surface area contributed by atoms with Crippen LogP contribution in [0.1, 0.15) is 39.8 Å². The van der Waals surface area contributed by atoms with E-state index in [2.05, 4.69) is 33.6 Å². The van der Waals surface area contributed by atoms with Crippen LogP contribution in [0.15, 0.2) is 48.5 Å². The maximum atomic E-state index is 12.6. The van der Waals surface area contributed by atoms with Gasteiger partial charge in [0.15, 0.2) is 0 Å². The van der Waals surface area contributed by atoms with E-state index in [0.717, 1.165) is 34.6 Å². The van der Waals surface area contributed by atoms with E-state index in [1.54, 1.807) is 6.07 Å². The predicted octanol–water partition coefficient (Wildman–Crippen LogP) is 4.96. The molecule has 5 nitrogen and oxygen atoms in total. The highest BCUT2D eigenvalue weighted by Gasteiger charge is 2.11. The van der Waals surface area contributed by atoms with Crippen molar-refractivity contribution in [3.05, 3.63) is 76.6 Å². The summed E-state index contributed by atoms with van der Waals surface area (Å²) in [4.78, 5) is 21.4. The van der Waals surface area contributed by atoms with Crippen molar-refractivity contribution in [1.29, 1.82) is 0 Å². The molecule has 0 atom stereocenters. The molecular formula is C22H24N4O. The molecule has 2 aromatic carbocycles.